The summed E-state index contributed by atoms with van der Waals surface area (Å²) >= 11 is 4.56. The number of methoxy groups -OCH3 is 1. The maximum Gasteiger partial charge on any atom is 0.230 e. The Morgan fingerprint density at radius 1 is 1.60 bits per heavy atom. The zero-order valence-corrected chi connectivity index (χ0v) is 9.14. The van der Waals surface area contributed by atoms with Crippen LogP contribution < -0.4 is 15.8 Å². The van der Waals surface area contributed by atoms with E-state index in [9.17, 15) is 4.79 Å². The molecule has 0 radical (unpaired) electrons. The van der Waals surface area contributed by atoms with Crippen LogP contribution in [-0.4, -0.2) is 18.1 Å². The van der Waals surface area contributed by atoms with Crippen LogP contribution in [0.3, 0.4) is 0 Å². The Kier molecular flexibility index (Phi) is 4.05. The van der Waals surface area contributed by atoms with Crippen LogP contribution >= 0.6 is 12.2 Å². The topological polar surface area (TPSA) is 64.3 Å². The van der Waals surface area contributed by atoms with Crippen molar-refractivity contribution in [2.75, 3.05) is 7.11 Å². The number of carbonyl (C=O) groups is 1. The first-order valence-corrected chi connectivity index (χ1v) is 4.75. The number of ether oxygens (including phenoxy) is 1. The van der Waals surface area contributed by atoms with E-state index in [0.717, 1.165) is 11.3 Å². The lowest BCUT2D eigenvalue weighted by molar-refractivity contribution is -0.119. The number of carbonyl (C=O) groups excluding carboxylic acids is 1. The highest BCUT2D eigenvalue weighted by Crippen LogP contribution is 2.12. The molecule has 1 rings (SSSR count). The van der Waals surface area contributed by atoms with Gasteiger partial charge in [0.1, 0.15) is 5.75 Å². The average Bonchev–Trinajstić information content (AvgIpc) is 2.16. The lowest BCUT2D eigenvalue weighted by atomic mass is 10.1. The van der Waals surface area contributed by atoms with E-state index in [0.29, 0.717) is 0 Å². The maximum absolute atomic E-state index is 11.3. The minimum Gasteiger partial charge on any atom is -0.497 e. The molecule has 0 aliphatic rings. The third-order valence-corrected chi connectivity index (χ3v) is 1.86. The van der Waals surface area contributed by atoms with E-state index in [4.69, 9.17) is 10.5 Å². The van der Waals surface area contributed by atoms with Gasteiger partial charge in [0.2, 0.25) is 5.91 Å². The van der Waals surface area contributed by atoms with Crippen molar-refractivity contribution in [3.05, 3.63) is 29.8 Å². The monoisotopic (exact) mass is 224 g/mol. The van der Waals surface area contributed by atoms with E-state index in [1.165, 1.54) is 0 Å². The molecule has 0 bridgehead atoms. The predicted octanol–water partition coefficient (Wildman–Crippen LogP) is 0.597. The van der Waals surface area contributed by atoms with Crippen LogP contribution in [0.15, 0.2) is 24.3 Å². The summed E-state index contributed by atoms with van der Waals surface area (Å²) in [6.45, 7) is 0. The Morgan fingerprint density at radius 3 is 2.93 bits per heavy atom. The molecule has 0 spiro atoms. The van der Waals surface area contributed by atoms with Gasteiger partial charge in [0.05, 0.1) is 13.5 Å². The smallest absolute Gasteiger partial charge is 0.230 e. The highest BCUT2D eigenvalue weighted by atomic mass is 32.1. The van der Waals surface area contributed by atoms with Crippen molar-refractivity contribution in [3.63, 3.8) is 0 Å². The molecule has 0 saturated carbocycles. The normalized spacial score (nSPS) is 9.40. The van der Waals surface area contributed by atoms with Gasteiger partial charge in [0, 0.05) is 0 Å². The first-order chi connectivity index (χ1) is 7.11. The van der Waals surface area contributed by atoms with Crippen molar-refractivity contribution in [1.82, 2.24) is 5.32 Å². The molecule has 1 amide bonds. The molecule has 0 aromatic heterocycles. The number of amides is 1. The molecule has 0 heterocycles. The summed E-state index contributed by atoms with van der Waals surface area (Å²) < 4.78 is 5.04. The second-order valence-corrected chi connectivity index (χ2v) is 3.38. The summed E-state index contributed by atoms with van der Waals surface area (Å²) in [6.07, 6.45) is 0.231. The number of thiocarbonyl (C=S) groups is 1. The summed E-state index contributed by atoms with van der Waals surface area (Å²) in [5, 5.41) is 2.35. The first-order valence-electron chi connectivity index (χ1n) is 4.34. The fraction of sp³-hybridized carbons (Fsp3) is 0.200. The summed E-state index contributed by atoms with van der Waals surface area (Å²) in [6, 6.07) is 7.26. The van der Waals surface area contributed by atoms with Gasteiger partial charge in [-0.15, -0.1) is 0 Å². The number of benzene rings is 1. The molecular formula is C10H12N2O2S. The number of hydrogen-bond acceptors (Lipinski definition) is 3. The summed E-state index contributed by atoms with van der Waals surface area (Å²) in [5.74, 6) is 0.492. The number of nitrogens with one attached hydrogen (secondary N) is 1. The fourth-order valence-corrected chi connectivity index (χ4v) is 1.26. The standard InChI is InChI=1S/C10H12N2O2S/c1-14-8-4-2-3-7(5-8)6-9(13)12-10(11)15/h2-5H,6H2,1H3,(H3,11,12,13,15). The molecule has 0 atom stereocenters. The van der Waals surface area contributed by atoms with Crippen molar-refractivity contribution in [2.24, 2.45) is 5.73 Å². The number of rotatable bonds is 3. The molecule has 0 saturated heterocycles. The second-order valence-electron chi connectivity index (χ2n) is 2.94. The van der Waals surface area contributed by atoms with Gasteiger partial charge in [-0.25, -0.2) is 0 Å². The Bertz CT molecular complexity index is 379. The predicted molar refractivity (Wildman–Crippen MR) is 61.6 cm³/mol. The Morgan fingerprint density at radius 2 is 2.33 bits per heavy atom. The Hall–Kier alpha value is -1.62. The minimum absolute atomic E-state index is 0.0112. The van der Waals surface area contributed by atoms with Gasteiger partial charge >= 0.3 is 0 Å². The molecule has 4 nitrogen and oxygen atoms in total. The third-order valence-electron chi connectivity index (χ3n) is 1.76. The quantitative estimate of drug-likeness (QED) is 0.738. The molecule has 3 N–H and O–H groups in total. The highest BCUT2D eigenvalue weighted by Gasteiger charge is 2.04. The zero-order chi connectivity index (χ0) is 11.3. The zero-order valence-electron chi connectivity index (χ0n) is 8.32. The molecular weight excluding hydrogens is 212 g/mol. The molecule has 1 aromatic carbocycles. The maximum atomic E-state index is 11.3. The van der Waals surface area contributed by atoms with E-state index < -0.39 is 0 Å². The van der Waals surface area contributed by atoms with Crippen molar-refractivity contribution in [1.29, 1.82) is 0 Å². The summed E-state index contributed by atoms with van der Waals surface area (Å²) in [7, 11) is 1.58. The lowest BCUT2D eigenvalue weighted by Gasteiger charge is -2.04. The average molecular weight is 224 g/mol. The first kappa shape index (κ1) is 11.5. The van der Waals surface area contributed by atoms with Crippen molar-refractivity contribution in [2.45, 2.75) is 6.42 Å². The molecule has 15 heavy (non-hydrogen) atoms. The van der Waals surface area contributed by atoms with Gasteiger partial charge in [-0.1, -0.05) is 12.1 Å². The SMILES string of the molecule is COc1cccc(CC(=O)NC(N)=S)c1. The van der Waals surface area contributed by atoms with Crippen molar-refractivity contribution < 1.29 is 9.53 Å². The highest BCUT2D eigenvalue weighted by molar-refractivity contribution is 7.80. The Labute approximate surface area is 93.4 Å². The largest absolute Gasteiger partial charge is 0.497 e. The molecule has 0 unspecified atom stereocenters. The van der Waals surface area contributed by atoms with E-state index in [1.807, 2.05) is 18.2 Å². The van der Waals surface area contributed by atoms with Gasteiger partial charge in [-0.3, -0.25) is 4.79 Å². The molecule has 0 fully saturated rings. The van der Waals surface area contributed by atoms with Crippen molar-refractivity contribution in [3.8, 4) is 5.75 Å². The molecule has 1 aromatic rings. The van der Waals surface area contributed by atoms with E-state index in [2.05, 4.69) is 17.5 Å². The van der Waals surface area contributed by atoms with Crippen LogP contribution in [0.5, 0.6) is 5.75 Å². The van der Waals surface area contributed by atoms with Crippen LogP contribution in [0, 0.1) is 0 Å². The lowest BCUT2D eigenvalue weighted by Crippen LogP contribution is -2.35. The number of nitrogens with two attached hydrogens (primary N) is 1. The summed E-state index contributed by atoms with van der Waals surface area (Å²) in [5.41, 5.74) is 6.03. The molecule has 0 aliphatic heterocycles. The van der Waals surface area contributed by atoms with Crippen LogP contribution in [0.25, 0.3) is 0 Å². The Balaban J connectivity index is 2.63. The fourth-order valence-electron chi connectivity index (χ4n) is 1.15. The summed E-state index contributed by atoms with van der Waals surface area (Å²) in [4.78, 5) is 11.3. The van der Waals surface area contributed by atoms with Gasteiger partial charge in [0.25, 0.3) is 0 Å². The molecule has 80 valence electrons. The van der Waals surface area contributed by atoms with Crippen LogP contribution in [0.2, 0.25) is 0 Å². The van der Waals surface area contributed by atoms with Crippen LogP contribution in [-0.2, 0) is 11.2 Å². The van der Waals surface area contributed by atoms with Gasteiger partial charge in [0.15, 0.2) is 5.11 Å². The van der Waals surface area contributed by atoms with E-state index >= 15 is 0 Å². The van der Waals surface area contributed by atoms with Gasteiger partial charge in [-0.05, 0) is 29.9 Å². The second kappa shape index (κ2) is 5.31. The van der Waals surface area contributed by atoms with Crippen LogP contribution in [0.4, 0.5) is 0 Å². The number of hydrogen-bond donors (Lipinski definition) is 2. The van der Waals surface area contributed by atoms with E-state index in [-0.39, 0.29) is 17.4 Å². The third kappa shape index (κ3) is 3.95. The van der Waals surface area contributed by atoms with Crippen LogP contribution in [0.1, 0.15) is 5.56 Å². The minimum atomic E-state index is -0.226. The van der Waals surface area contributed by atoms with Crippen molar-refractivity contribution >= 4 is 23.2 Å². The van der Waals surface area contributed by atoms with E-state index in [1.54, 1.807) is 13.2 Å². The molecule has 5 heteroatoms. The molecule has 0 aliphatic carbocycles. The van der Waals surface area contributed by atoms with Gasteiger partial charge < -0.3 is 15.8 Å². The van der Waals surface area contributed by atoms with Gasteiger partial charge in [-0.2, -0.15) is 0 Å².